The van der Waals surface area contributed by atoms with E-state index in [0.29, 0.717) is 12.2 Å². The van der Waals surface area contributed by atoms with Crippen molar-refractivity contribution >= 4 is 5.78 Å². The maximum Gasteiger partial charge on any atom is 0.229 e. The summed E-state index contributed by atoms with van der Waals surface area (Å²) in [6, 6.07) is 11.1. The minimum Gasteiger partial charge on any atom is -0.508 e. The first-order valence-electron chi connectivity index (χ1n) is 9.80. The second kappa shape index (κ2) is 10.1. The topological polar surface area (TPSA) is 146 Å². The van der Waals surface area contributed by atoms with Gasteiger partial charge in [0.05, 0.1) is 19.3 Å². The van der Waals surface area contributed by atoms with Crippen molar-refractivity contribution in [3.8, 4) is 17.2 Å². The van der Waals surface area contributed by atoms with Crippen LogP contribution in [-0.4, -0.2) is 75.7 Å². The lowest BCUT2D eigenvalue weighted by Gasteiger charge is -2.39. The molecule has 5 atom stereocenters. The number of Topliss-reactive ketones (excluding diaryl/α,β-unsaturated/α-hetero) is 1. The van der Waals surface area contributed by atoms with Gasteiger partial charge in [0.2, 0.25) is 6.29 Å². The minimum absolute atomic E-state index is 0.0689. The molecule has 1 fully saturated rings. The predicted molar refractivity (Wildman–Crippen MR) is 108 cm³/mol. The number of aromatic hydroxyl groups is 1. The predicted octanol–water partition coefficient (Wildman–Crippen LogP) is 0.395. The summed E-state index contributed by atoms with van der Waals surface area (Å²) in [5, 5.41) is 48.8. The number of phenolic OH excluding ortho intramolecular Hbond substituents is 1. The Morgan fingerprint density at radius 2 is 1.74 bits per heavy atom. The smallest absolute Gasteiger partial charge is 0.229 e. The summed E-state index contributed by atoms with van der Waals surface area (Å²) >= 11 is 0. The molecule has 3 rings (SSSR count). The Morgan fingerprint density at radius 1 is 1.03 bits per heavy atom. The molecule has 0 bridgehead atoms. The van der Waals surface area contributed by atoms with Crippen LogP contribution in [0.1, 0.15) is 22.3 Å². The molecule has 168 valence electrons. The summed E-state index contributed by atoms with van der Waals surface area (Å²) in [4.78, 5) is 12.9. The van der Waals surface area contributed by atoms with E-state index in [2.05, 4.69) is 0 Å². The number of hydrogen-bond donors (Lipinski definition) is 5. The van der Waals surface area contributed by atoms with Crippen LogP contribution in [0.4, 0.5) is 0 Å². The molecule has 9 nitrogen and oxygen atoms in total. The second-order valence-corrected chi connectivity index (χ2v) is 7.27. The van der Waals surface area contributed by atoms with E-state index < -0.39 is 37.3 Å². The molecule has 1 heterocycles. The van der Waals surface area contributed by atoms with Crippen LogP contribution in [0.5, 0.6) is 17.2 Å². The SMILES string of the molecule is COc1ccc(C(=O)CCc2ccc(O)cc2)c(O[C@H]2O[C@H](CO)[C@H](O)[C@@H](O)[C@H]2O)c1. The summed E-state index contributed by atoms with van der Waals surface area (Å²) < 4.78 is 16.2. The molecule has 0 saturated carbocycles. The van der Waals surface area contributed by atoms with Gasteiger partial charge >= 0.3 is 0 Å². The summed E-state index contributed by atoms with van der Waals surface area (Å²) in [6.07, 6.45) is -6.70. The number of ether oxygens (including phenoxy) is 3. The molecule has 0 radical (unpaired) electrons. The van der Waals surface area contributed by atoms with Gasteiger partial charge in [-0.2, -0.15) is 0 Å². The van der Waals surface area contributed by atoms with E-state index in [1.54, 1.807) is 30.3 Å². The van der Waals surface area contributed by atoms with E-state index in [9.17, 15) is 30.3 Å². The summed E-state index contributed by atoms with van der Waals surface area (Å²) in [5.74, 6) is 0.366. The van der Waals surface area contributed by atoms with Crippen molar-refractivity contribution in [1.82, 2.24) is 0 Å². The molecule has 1 aliphatic rings. The quantitative estimate of drug-likeness (QED) is 0.373. The monoisotopic (exact) mass is 434 g/mol. The Hall–Kier alpha value is -2.69. The van der Waals surface area contributed by atoms with Crippen LogP contribution in [0.2, 0.25) is 0 Å². The van der Waals surface area contributed by atoms with Gasteiger partial charge in [-0.25, -0.2) is 0 Å². The van der Waals surface area contributed by atoms with Crippen molar-refractivity contribution in [2.45, 2.75) is 43.5 Å². The number of hydrogen-bond acceptors (Lipinski definition) is 9. The number of aliphatic hydroxyl groups is 4. The van der Waals surface area contributed by atoms with E-state index in [4.69, 9.17) is 14.2 Å². The van der Waals surface area contributed by atoms with Crippen molar-refractivity contribution in [1.29, 1.82) is 0 Å². The van der Waals surface area contributed by atoms with Crippen molar-refractivity contribution in [2.24, 2.45) is 0 Å². The van der Waals surface area contributed by atoms with Crippen LogP contribution in [0.15, 0.2) is 42.5 Å². The number of ketones is 1. The third-order valence-corrected chi connectivity index (χ3v) is 5.16. The van der Waals surface area contributed by atoms with Gasteiger partial charge in [-0.3, -0.25) is 4.79 Å². The summed E-state index contributed by atoms with van der Waals surface area (Å²) in [7, 11) is 1.44. The number of phenols is 1. The van der Waals surface area contributed by atoms with Gasteiger partial charge in [0.1, 0.15) is 41.7 Å². The maximum atomic E-state index is 12.9. The van der Waals surface area contributed by atoms with Crippen LogP contribution in [-0.2, 0) is 11.2 Å². The summed E-state index contributed by atoms with van der Waals surface area (Å²) in [5.41, 5.74) is 1.09. The Balaban J connectivity index is 1.79. The van der Waals surface area contributed by atoms with Crippen molar-refractivity contribution in [3.05, 3.63) is 53.6 Å². The number of aliphatic hydroxyl groups excluding tert-OH is 4. The normalized spacial score (nSPS) is 25.8. The molecule has 5 N–H and O–H groups in total. The average Bonchev–Trinajstić information content (AvgIpc) is 2.78. The number of methoxy groups -OCH3 is 1. The lowest BCUT2D eigenvalue weighted by Crippen LogP contribution is -2.60. The van der Waals surface area contributed by atoms with E-state index in [1.165, 1.54) is 19.2 Å². The summed E-state index contributed by atoms with van der Waals surface area (Å²) in [6.45, 7) is -0.596. The first-order valence-corrected chi connectivity index (χ1v) is 9.80. The molecule has 1 saturated heterocycles. The number of benzene rings is 2. The van der Waals surface area contributed by atoms with Gasteiger partial charge in [0.15, 0.2) is 5.78 Å². The lowest BCUT2D eigenvalue weighted by molar-refractivity contribution is -0.277. The molecule has 1 aliphatic heterocycles. The molecular weight excluding hydrogens is 408 g/mol. The molecule has 0 aliphatic carbocycles. The molecule has 31 heavy (non-hydrogen) atoms. The number of carbonyl (C=O) groups is 1. The van der Waals surface area contributed by atoms with Gasteiger partial charge in [0.25, 0.3) is 0 Å². The molecule has 0 aromatic heterocycles. The molecule has 2 aromatic rings. The maximum absolute atomic E-state index is 12.9. The first kappa shape index (κ1) is 23.0. The third-order valence-electron chi connectivity index (χ3n) is 5.16. The molecule has 9 heteroatoms. The van der Waals surface area contributed by atoms with Crippen LogP contribution >= 0.6 is 0 Å². The lowest BCUT2D eigenvalue weighted by atomic mass is 9.99. The van der Waals surface area contributed by atoms with Crippen molar-refractivity contribution < 1.29 is 44.5 Å². The molecular formula is C22H26O9. The highest BCUT2D eigenvalue weighted by molar-refractivity contribution is 5.99. The fourth-order valence-corrected chi connectivity index (χ4v) is 3.30. The Bertz CT molecular complexity index is 881. The molecule has 0 amide bonds. The first-order chi connectivity index (χ1) is 14.8. The standard InChI is InChI=1S/C22H26O9/c1-29-14-7-8-15(16(25)9-4-12-2-5-13(24)6-3-12)17(10-14)30-22-21(28)20(27)19(26)18(11-23)31-22/h2-3,5-8,10,18-24,26-28H,4,9,11H2,1H3/t18-,19+,20-,21-,22+/m1/s1. The van der Waals surface area contributed by atoms with Gasteiger partial charge in [-0.05, 0) is 36.2 Å². The zero-order valence-electron chi connectivity index (χ0n) is 16.9. The Kier molecular flexibility index (Phi) is 7.47. The van der Waals surface area contributed by atoms with Gasteiger partial charge in [0, 0.05) is 12.5 Å². The number of carbonyl (C=O) groups excluding carboxylic acids is 1. The molecule has 0 spiro atoms. The van der Waals surface area contributed by atoms with Crippen LogP contribution in [0.25, 0.3) is 0 Å². The Morgan fingerprint density at radius 3 is 2.39 bits per heavy atom. The van der Waals surface area contributed by atoms with Crippen LogP contribution in [0, 0.1) is 0 Å². The minimum atomic E-state index is -1.61. The van der Waals surface area contributed by atoms with E-state index in [0.717, 1.165) is 5.56 Å². The second-order valence-electron chi connectivity index (χ2n) is 7.27. The van der Waals surface area contributed by atoms with Crippen LogP contribution < -0.4 is 9.47 Å². The van der Waals surface area contributed by atoms with Crippen molar-refractivity contribution in [3.63, 3.8) is 0 Å². The van der Waals surface area contributed by atoms with E-state index in [-0.39, 0.29) is 29.3 Å². The third kappa shape index (κ3) is 5.33. The fourth-order valence-electron chi connectivity index (χ4n) is 3.30. The van der Waals surface area contributed by atoms with E-state index >= 15 is 0 Å². The zero-order valence-corrected chi connectivity index (χ0v) is 16.9. The zero-order chi connectivity index (χ0) is 22.5. The van der Waals surface area contributed by atoms with Gasteiger partial charge in [-0.15, -0.1) is 0 Å². The van der Waals surface area contributed by atoms with Crippen LogP contribution in [0.3, 0.4) is 0 Å². The molecule has 2 aromatic carbocycles. The highest BCUT2D eigenvalue weighted by Gasteiger charge is 2.45. The van der Waals surface area contributed by atoms with E-state index in [1.807, 2.05) is 0 Å². The number of aryl methyl sites for hydroxylation is 1. The van der Waals surface area contributed by atoms with Gasteiger partial charge < -0.3 is 39.7 Å². The fraction of sp³-hybridized carbons (Fsp3) is 0.409. The number of rotatable bonds is 8. The van der Waals surface area contributed by atoms with Crippen molar-refractivity contribution in [2.75, 3.05) is 13.7 Å². The highest BCUT2D eigenvalue weighted by Crippen LogP contribution is 2.30. The largest absolute Gasteiger partial charge is 0.508 e. The molecule has 0 unspecified atom stereocenters. The van der Waals surface area contributed by atoms with Gasteiger partial charge in [-0.1, -0.05) is 12.1 Å². The highest BCUT2D eigenvalue weighted by atomic mass is 16.7. The average molecular weight is 434 g/mol. The Labute approximate surface area is 179 Å².